The zero-order valence-corrected chi connectivity index (χ0v) is 13.2. The Hall–Kier alpha value is -2.51. The molecule has 2 aromatic carbocycles. The summed E-state index contributed by atoms with van der Waals surface area (Å²) in [5.74, 6) is 0. The number of nitrogens with one attached hydrogen (secondary N) is 1. The molecule has 3 N–H and O–H groups in total. The van der Waals surface area contributed by atoms with E-state index < -0.39 is 15.6 Å². The molecule has 6 nitrogen and oxygen atoms in total. The molecule has 0 unspecified atom stereocenters. The molecule has 0 amide bonds. The zero-order valence-electron chi connectivity index (χ0n) is 11.6. The van der Waals surface area contributed by atoms with E-state index in [1.165, 1.54) is 24.3 Å². The first-order chi connectivity index (χ1) is 10.9. The number of para-hydroxylation sites is 1. The molecule has 0 radical (unpaired) electrons. The molecule has 3 rings (SSSR count). The predicted molar refractivity (Wildman–Crippen MR) is 89.2 cm³/mol. The van der Waals surface area contributed by atoms with Gasteiger partial charge in [-0.2, -0.15) is 0 Å². The Bertz CT molecular complexity index is 1060. The molecule has 3 aromatic rings. The van der Waals surface area contributed by atoms with Crippen molar-refractivity contribution in [3.8, 4) is 0 Å². The highest BCUT2D eigenvalue weighted by Crippen LogP contribution is 2.25. The maximum absolute atomic E-state index is 12.4. The molecule has 23 heavy (non-hydrogen) atoms. The highest BCUT2D eigenvalue weighted by atomic mass is 35.5. The molecule has 0 aliphatic heterocycles. The highest BCUT2D eigenvalue weighted by Gasteiger charge is 2.20. The van der Waals surface area contributed by atoms with Gasteiger partial charge in [0, 0.05) is 11.1 Å². The van der Waals surface area contributed by atoms with Crippen LogP contribution in [0.15, 0.2) is 62.6 Å². The van der Waals surface area contributed by atoms with Crippen molar-refractivity contribution in [2.75, 3.05) is 10.5 Å². The van der Waals surface area contributed by atoms with Gasteiger partial charge in [-0.25, -0.2) is 13.2 Å². The van der Waals surface area contributed by atoms with E-state index in [4.69, 9.17) is 21.8 Å². The number of sulfonamides is 1. The van der Waals surface area contributed by atoms with Crippen LogP contribution in [0, 0.1) is 0 Å². The van der Waals surface area contributed by atoms with E-state index in [1.807, 2.05) is 0 Å². The Labute approximate surface area is 136 Å². The normalized spacial score (nSPS) is 11.5. The zero-order chi connectivity index (χ0) is 16.6. The molecule has 0 saturated carbocycles. The molecule has 0 fully saturated rings. The van der Waals surface area contributed by atoms with Crippen molar-refractivity contribution in [2.45, 2.75) is 4.90 Å². The number of anilines is 2. The Morgan fingerprint density at radius 1 is 1.09 bits per heavy atom. The molecule has 0 aliphatic rings. The van der Waals surface area contributed by atoms with E-state index in [0.717, 1.165) is 0 Å². The summed E-state index contributed by atoms with van der Waals surface area (Å²) in [6.07, 6.45) is 0. The molecule has 0 aliphatic carbocycles. The predicted octanol–water partition coefficient (Wildman–Crippen LogP) is 2.83. The van der Waals surface area contributed by atoms with Crippen LogP contribution in [0.1, 0.15) is 0 Å². The lowest BCUT2D eigenvalue weighted by Crippen LogP contribution is -2.18. The van der Waals surface area contributed by atoms with Crippen LogP contribution in [-0.2, 0) is 10.0 Å². The van der Waals surface area contributed by atoms with Crippen LogP contribution in [0.2, 0.25) is 5.02 Å². The van der Waals surface area contributed by atoms with Crippen LogP contribution >= 0.6 is 11.6 Å². The van der Waals surface area contributed by atoms with Crippen LogP contribution in [0.3, 0.4) is 0 Å². The minimum absolute atomic E-state index is 0.0392. The number of halogens is 1. The molecule has 8 heteroatoms. The smallest absolute Gasteiger partial charge is 0.360 e. The van der Waals surface area contributed by atoms with Crippen molar-refractivity contribution in [2.24, 2.45) is 0 Å². The molecule has 0 bridgehead atoms. The van der Waals surface area contributed by atoms with Crippen molar-refractivity contribution in [3.05, 3.63) is 64.0 Å². The van der Waals surface area contributed by atoms with Gasteiger partial charge in [0.2, 0.25) is 0 Å². The third kappa shape index (κ3) is 3.01. The fourth-order valence-corrected chi connectivity index (χ4v) is 3.67. The lowest BCUT2D eigenvalue weighted by atomic mass is 10.2. The molecule has 118 valence electrons. The topological polar surface area (TPSA) is 102 Å². The first kappa shape index (κ1) is 15.4. The number of hydrogen-bond acceptors (Lipinski definition) is 5. The van der Waals surface area contributed by atoms with Gasteiger partial charge < -0.3 is 10.2 Å². The van der Waals surface area contributed by atoms with E-state index in [0.29, 0.717) is 16.7 Å². The molecule has 1 heterocycles. The monoisotopic (exact) mass is 350 g/mol. The van der Waals surface area contributed by atoms with Crippen molar-refractivity contribution in [1.29, 1.82) is 0 Å². The summed E-state index contributed by atoms with van der Waals surface area (Å²) in [5.41, 5.74) is 5.25. The van der Waals surface area contributed by atoms with E-state index in [1.54, 1.807) is 24.3 Å². The minimum atomic E-state index is -4.05. The second kappa shape index (κ2) is 5.60. The quantitative estimate of drug-likeness (QED) is 0.558. The van der Waals surface area contributed by atoms with Crippen LogP contribution in [0.25, 0.3) is 11.0 Å². The summed E-state index contributed by atoms with van der Waals surface area (Å²) < 4.78 is 32.1. The summed E-state index contributed by atoms with van der Waals surface area (Å²) in [6.45, 7) is 0. The largest absolute Gasteiger partial charge is 0.421 e. The first-order valence-corrected chi connectivity index (χ1v) is 8.34. The Kier molecular flexibility index (Phi) is 3.75. The van der Waals surface area contributed by atoms with Gasteiger partial charge in [-0.05, 0) is 30.3 Å². The van der Waals surface area contributed by atoms with Crippen LogP contribution in [-0.4, -0.2) is 8.42 Å². The Balaban J connectivity index is 2.07. The average molecular weight is 351 g/mol. The number of benzene rings is 2. The summed E-state index contributed by atoms with van der Waals surface area (Å²) >= 11 is 5.91. The molecular formula is C15H11ClN2O4S. The van der Waals surface area contributed by atoms with Crippen LogP contribution in [0.4, 0.5) is 11.4 Å². The summed E-state index contributed by atoms with van der Waals surface area (Å²) in [5, 5.41) is 0.552. The van der Waals surface area contributed by atoms with E-state index >= 15 is 0 Å². The average Bonchev–Trinajstić information content (AvgIpc) is 2.47. The minimum Gasteiger partial charge on any atom is -0.421 e. The van der Waals surface area contributed by atoms with Crippen molar-refractivity contribution >= 4 is 44.0 Å². The number of nitrogens with two attached hydrogens (primary N) is 1. The van der Waals surface area contributed by atoms with Gasteiger partial charge >= 0.3 is 5.63 Å². The molecule has 0 spiro atoms. The maximum Gasteiger partial charge on any atom is 0.360 e. The van der Waals surface area contributed by atoms with E-state index in [-0.39, 0.29) is 15.6 Å². The van der Waals surface area contributed by atoms with Crippen molar-refractivity contribution < 1.29 is 12.8 Å². The van der Waals surface area contributed by atoms with Gasteiger partial charge in [0.1, 0.15) is 16.2 Å². The fraction of sp³-hybridized carbons (Fsp3) is 0. The van der Waals surface area contributed by atoms with Crippen LogP contribution < -0.4 is 16.1 Å². The van der Waals surface area contributed by atoms with E-state index in [9.17, 15) is 13.2 Å². The van der Waals surface area contributed by atoms with Crippen molar-refractivity contribution in [1.82, 2.24) is 0 Å². The van der Waals surface area contributed by atoms with Gasteiger partial charge in [0.25, 0.3) is 10.0 Å². The van der Waals surface area contributed by atoms with Gasteiger partial charge in [0.05, 0.1) is 5.02 Å². The summed E-state index contributed by atoms with van der Waals surface area (Å²) in [6, 6.07) is 12.2. The van der Waals surface area contributed by atoms with Gasteiger partial charge in [-0.1, -0.05) is 29.8 Å². The molecule has 1 aromatic heterocycles. The lowest BCUT2D eigenvalue weighted by Gasteiger charge is -2.09. The lowest BCUT2D eigenvalue weighted by molar-refractivity contribution is 0.563. The van der Waals surface area contributed by atoms with E-state index in [2.05, 4.69) is 4.72 Å². The number of nitrogen functional groups attached to an aromatic ring is 1. The summed E-state index contributed by atoms with van der Waals surface area (Å²) in [7, 11) is -4.05. The van der Waals surface area contributed by atoms with Gasteiger partial charge in [0.15, 0.2) is 0 Å². The van der Waals surface area contributed by atoms with Gasteiger partial charge in [-0.3, -0.25) is 4.72 Å². The second-order valence-electron chi connectivity index (χ2n) is 4.78. The third-order valence-electron chi connectivity index (χ3n) is 3.13. The fourth-order valence-electron chi connectivity index (χ4n) is 2.07. The Morgan fingerprint density at radius 3 is 2.57 bits per heavy atom. The first-order valence-electron chi connectivity index (χ1n) is 6.47. The van der Waals surface area contributed by atoms with Crippen molar-refractivity contribution in [3.63, 3.8) is 0 Å². The number of hydrogen-bond donors (Lipinski definition) is 2. The van der Waals surface area contributed by atoms with Gasteiger partial charge in [-0.15, -0.1) is 0 Å². The summed E-state index contributed by atoms with van der Waals surface area (Å²) in [4.78, 5) is 11.8. The second-order valence-corrected chi connectivity index (χ2v) is 6.84. The molecular weight excluding hydrogens is 340 g/mol. The standard InChI is InChI=1S/C15H11ClN2O4S/c16-11-8-10(17)5-6-14(11)23(20,21)18-12-7-9-3-1-2-4-13(9)22-15(12)19/h1-8,18H,17H2. The Morgan fingerprint density at radius 2 is 1.83 bits per heavy atom. The number of fused-ring (bicyclic) bond motifs is 1. The number of rotatable bonds is 3. The third-order valence-corrected chi connectivity index (χ3v) is 4.98. The molecule has 0 atom stereocenters. The van der Waals surface area contributed by atoms with Crippen LogP contribution in [0.5, 0.6) is 0 Å². The molecule has 0 saturated heterocycles. The highest BCUT2D eigenvalue weighted by molar-refractivity contribution is 7.92. The maximum atomic E-state index is 12.4. The SMILES string of the molecule is Nc1ccc(S(=O)(=O)Nc2cc3ccccc3oc2=O)c(Cl)c1.